The minimum atomic E-state index is -1.02. The summed E-state index contributed by atoms with van der Waals surface area (Å²) in [5, 5.41) is 34.1. The molecular weight excluding hydrogens is 396 g/mol. The van der Waals surface area contributed by atoms with E-state index in [0.717, 1.165) is 5.56 Å². The molecule has 0 saturated heterocycles. The molecule has 31 heavy (non-hydrogen) atoms. The van der Waals surface area contributed by atoms with Gasteiger partial charge in [-0.2, -0.15) is 0 Å². The number of carbonyl (C=O) groups excluding carboxylic acids is 1. The molecule has 0 aliphatic carbocycles. The summed E-state index contributed by atoms with van der Waals surface area (Å²) < 4.78 is 1.82. The van der Waals surface area contributed by atoms with E-state index in [0.29, 0.717) is 28.6 Å². The SMILES string of the molecule is O=C(O)c1ccc(Cc2c(O)cc3ccc(C(=O)NCn4cccc4)cc3c2O)cc1. The highest BCUT2D eigenvalue weighted by Crippen LogP contribution is 2.37. The van der Waals surface area contributed by atoms with Crippen molar-refractivity contribution < 1.29 is 24.9 Å². The third-order valence-corrected chi connectivity index (χ3v) is 5.13. The van der Waals surface area contributed by atoms with E-state index in [-0.39, 0.29) is 29.4 Å². The maximum atomic E-state index is 12.5. The van der Waals surface area contributed by atoms with Gasteiger partial charge in [0.2, 0.25) is 0 Å². The molecule has 0 saturated carbocycles. The Morgan fingerprint density at radius 1 is 0.903 bits per heavy atom. The van der Waals surface area contributed by atoms with Gasteiger partial charge in [0.05, 0.1) is 12.2 Å². The highest BCUT2D eigenvalue weighted by atomic mass is 16.4. The van der Waals surface area contributed by atoms with E-state index in [4.69, 9.17) is 5.11 Å². The molecule has 0 unspecified atom stereocenters. The van der Waals surface area contributed by atoms with E-state index >= 15 is 0 Å². The first-order chi connectivity index (χ1) is 14.9. The summed E-state index contributed by atoms with van der Waals surface area (Å²) in [6, 6.07) is 16.4. The van der Waals surface area contributed by atoms with Gasteiger partial charge in [-0.1, -0.05) is 18.2 Å². The number of carboxylic acid groups (broad SMARTS) is 1. The van der Waals surface area contributed by atoms with Crippen LogP contribution in [0.15, 0.2) is 73.1 Å². The second-order valence-corrected chi connectivity index (χ2v) is 7.20. The standard InChI is InChI=1S/C24H20N2O5/c27-21-13-17-7-8-18(23(29)25-14-26-9-1-2-10-26)12-19(17)22(28)20(21)11-15-3-5-16(6-4-15)24(30)31/h1-10,12-13,27-28H,11,14H2,(H,25,29)(H,30,31). The number of aromatic hydroxyl groups is 2. The third kappa shape index (κ3) is 4.20. The van der Waals surface area contributed by atoms with Crippen molar-refractivity contribution in [2.75, 3.05) is 0 Å². The summed E-state index contributed by atoms with van der Waals surface area (Å²) >= 11 is 0. The first kappa shape index (κ1) is 20.0. The zero-order chi connectivity index (χ0) is 22.0. The van der Waals surface area contributed by atoms with E-state index in [2.05, 4.69) is 5.32 Å². The number of nitrogens with zero attached hydrogens (tertiary/aromatic N) is 1. The fourth-order valence-corrected chi connectivity index (χ4v) is 3.43. The number of hydrogen-bond donors (Lipinski definition) is 4. The van der Waals surface area contributed by atoms with Gasteiger partial charge in [0.1, 0.15) is 11.5 Å². The monoisotopic (exact) mass is 416 g/mol. The van der Waals surface area contributed by atoms with E-state index in [1.54, 1.807) is 30.3 Å². The third-order valence-electron chi connectivity index (χ3n) is 5.13. The number of rotatable bonds is 6. The normalized spacial score (nSPS) is 10.8. The van der Waals surface area contributed by atoms with Gasteiger partial charge in [0, 0.05) is 35.3 Å². The van der Waals surface area contributed by atoms with Crippen LogP contribution in [0.4, 0.5) is 0 Å². The molecule has 3 aromatic carbocycles. The van der Waals surface area contributed by atoms with Crippen molar-refractivity contribution in [1.82, 2.24) is 9.88 Å². The summed E-state index contributed by atoms with van der Waals surface area (Å²) in [6.07, 6.45) is 3.88. The largest absolute Gasteiger partial charge is 0.507 e. The highest BCUT2D eigenvalue weighted by molar-refractivity contribution is 6.01. The number of aromatic nitrogens is 1. The predicted molar refractivity (Wildman–Crippen MR) is 115 cm³/mol. The zero-order valence-electron chi connectivity index (χ0n) is 16.4. The number of carboxylic acids is 1. The lowest BCUT2D eigenvalue weighted by Gasteiger charge is -2.13. The highest BCUT2D eigenvalue weighted by Gasteiger charge is 2.15. The second-order valence-electron chi connectivity index (χ2n) is 7.20. The number of benzene rings is 3. The van der Waals surface area contributed by atoms with Crippen molar-refractivity contribution in [2.24, 2.45) is 0 Å². The smallest absolute Gasteiger partial charge is 0.335 e. The van der Waals surface area contributed by atoms with Crippen molar-refractivity contribution in [3.05, 3.63) is 95.3 Å². The summed E-state index contributed by atoms with van der Waals surface area (Å²) in [6.45, 7) is 0.322. The topological polar surface area (TPSA) is 112 Å². The predicted octanol–water partition coefficient (Wildman–Crippen LogP) is 3.73. The number of phenols is 2. The van der Waals surface area contributed by atoms with Gasteiger partial charge in [-0.3, -0.25) is 4.79 Å². The molecule has 0 atom stereocenters. The molecule has 1 amide bonds. The Labute approximate surface area is 177 Å². The number of carbonyl (C=O) groups is 2. The van der Waals surface area contributed by atoms with Gasteiger partial charge >= 0.3 is 5.97 Å². The summed E-state index contributed by atoms with van der Waals surface area (Å²) in [4.78, 5) is 23.5. The summed E-state index contributed by atoms with van der Waals surface area (Å²) in [5.74, 6) is -1.49. The van der Waals surface area contributed by atoms with Crippen molar-refractivity contribution in [3.63, 3.8) is 0 Å². The van der Waals surface area contributed by atoms with E-state index in [1.807, 2.05) is 29.1 Å². The fraction of sp³-hybridized carbons (Fsp3) is 0.0833. The van der Waals surface area contributed by atoms with Crippen LogP contribution >= 0.6 is 0 Å². The number of amides is 1. The molecule has 0 aliphatic rings. The van der Waals surface area contributed by atoms with Crippen molar-refractivity contribution in [1.29, 1.82) is 0 Å². The molecule has 156 valence electrons. The van der Waals surface area contributed by atoms with Crippen LogP contribution in [0.5, 0.6) is 11.5 Å². The average molecular weight is 416 g/mol. The molecule has 4 N–H and O–H groups in total. The van der Waals surface area contributed by atoms with Gasteiger partial charge in [-0.05, 0) is 53.4 Å². The Kier molecular flexibility index (Phi) is 5.32. The van der Waals surface area contributed by atoms with Crippen LogP contribution in [0.1, 0.15) is 31.8 Å². The first-order valence-corrected chi connectivity index (χ1v) is 9.61. The number of aromatic carboxylic acids is 1. The Hall–Kier alpha value is -4.26. The average Bonchev–Trinajstić information content (AvgIpc) is 3.29. The van der Waals surface area contributed by atoms with Gasteiger partial charge in [-0.25, -0.2) is 4.79 Å². The van der Waals surface area contributed by atoms with Crippen LogP contribution < -0.4 is 5.32 Å². The Balaban J connectivity index is 1.62. The van der Waals surface area contributed by atoms with E-state index < -0.39 is 5.97 Å². The molecule has 0 aliphatic heterocycles. The van der Waals surface area contributed by atoms with Crippen molar-refractivity contribution in [3.8, 4) is 11.5 Å². The Morgan fingerprint density at radius 2 is 1.58 bits per heavy atom. The Bertz CT molecular complexity index is 1260. The molecule has 4 rings (SSSR count). The summed E-state index contributed by atoms with van der Waals surface area (Å²) in [5.41, 5.74) is 1.58. The molecule has 0 radical (unpaired) electrons. The zero-order valence-corrected chi connectivity index (χ0v) is 16.4. The lowest BCUT2D eigenvalue weighted by Crippen LogP contribution is -2.25. The molecule has 0 bridgehead atoms. The molecule has 7 nitrogen and oxygen atoms in total. The number of hydrogen-bond acceptors (Lipinski definition) is 4. The van der Waals surface area contributed by atoms with Gasteiger partial charge < -0.3 is 25.2 Å². The van der Waals surface area contributed by atoms with Crippen LogP contribution in [0.25, 0.3) is 10.8 Å². The van der Waals surface area contributed by atoms with Crippen LogP contribution in [-0.4, -0.2) is 31.8 Å². The lowest BCUT2D eigenvalue weighted by atomic mass is 9.97. The van der Waals surface area contributed by atoms with Gasteiger partial charge in [0.15, 0.2) is 0 Å². The Morgan fingerprint density at radius 3 is 2.26 bits per heavy atom. The quantitative estimate of drug-likeness (QED) is 0.383. The summed E-state index contributed by atoms with van der Waals surface area (Å²) in [7, 11) is 0. The number of nitrogens with one attached hydrogen (secondary N) is 1. The van der Waals surface area contributed by atoms with Crippen LogP contribution in [0.2, 0.25) is 0 Å². The fourth-order valence-electron chi connectivity index (χ4n) is 3.43. The van der Waals surface area contributed by atoms with Crippen LogP contribution in [-0.2, 0) is 13.1 Å². The second kappa shape index (κ2) is 8.23. The minimum absolute atomic E-state index is 0.0721. The molecule has 4 aromatic rings. The molecule has 1 heterocycles. The lowest BCUT2D eigenvalue weighted by molar-refractivity contribution is 0.0696. The van der Waals surface area contributed by atoms with E-state index in [9.17, 15) is 19.8 Å². The molecular formula is C24H20N2O5. The molecule has 7 heteroatoms. The number of fused-ring (bicyclic) bond motifs is 1. The molecule has 1 aromatic heterocycles. The minimum Gasteiger partial charge on any atom is -0.507 e. The van der Waals surface area contributed by atoms with E-state index in [1.165, 1.54) is 18.2 Å². The number of phenolic OH excluding ortho intramolecular Hbond substituents is 2. The van der Waals surface area contributed by atoms with Crippen molar-refractivity contribution in [2.45, 2.75) is 13.1 Å². The maximum absolute atomic E-state index is 12.5. The van der Waals surface area contributed by atoms with Gasteiger partial charge in [0.25, 0.3) is 5.91 Å². The van der Waals surface area contributed by atoms with Crippen LogP contribution in [0, 0.1) is 0 Å². The van der Waals surface area contributed by atoms with Gasteiger partial charge in [-0.15, -0.1) is 0 Å². The van der Waals surface area contributed by atoms with Crippen molar-refractivity contribution >= 4 is 22.6 Å². The molecule has 0 fully saturated rings. The van der Waals surface area contributed by atoms with Crippen LogP contribution in [0.3, 0.4) is 0 Å². The maximum Gasteiger partial charge on any atom is 0.335 e. The molecule has 0 spiro atoms. The first-order valence-electron chi connectivity index (χ1n) is 9.61.